The van der Waals surface area contributed by atoms with Gasteiger partial charge in [0.15, 0.2) is 0 Å². The number of carbonyl (C=O) groups excluding carboxylic acids is 1. The molecule has 1 amide bonds. The first-order valence-corrected chi connectivity index (χ1v) is 11.6. The van der Waals surface area contributed by atoms with Gasteiger partial charge in [-0.15, -0.1) is 0 Å². The molecule has 0 saturated carbocycles. The van der Waals surface area contributed by atoms with Crippen molar-refractivity contribution in [3.05, 3.63) is 53.1 Å². The summed E-state index contributed by atoms with van der Waals surface area (Å²) in [6, 6.07) is 10.8. The van der Waals surface area contributed by atoms with Crippen LogP contribution < -0.4 is 14.9 Å². The van der Waals surface area contributed by atoms with Crippen LogP contribution in [-0.2, 0) is 10.0 Å². The van der Waals surface area contributed by atoms with Gasteiger partial charge in [-0.05, 0) is 74.6 Å². The van der Waals surface area contributed by atoms with Gasteiger partial charge in [-0.3, -0.25) is 4.79 Å². The second kappa shape index (κ2) is 8.97. The largest absolute Gasteiger partial charge is 0.370 e. The predicted molar refractivity (Wildman–Crippen MR) is 117 cm³/mol. The molecule has 1 aliphatic rings. The minimum Gasteiger partial charge on any atom is -0.370 e. The highest BCUT2D eigenvalue weighted by Crippen LogP contribution is 2.29. The van der Waals surface area contributed by atoms with Gasteiger partial charge in [-0.2, -0.15) is 0 Å². The fourth-order valence-electron chi connectivity index (χ4n) is 3.65. The Hall–Kier alpha value is -2.38. The van der Waals surface area contributed by atoms with E-state index < -0.39 is 10.0 Å². The van der Waals surface area contributed by atoms with Crippen molar-refractivity contribution in [3.63, 3.8) is 0 Å². The van der Waals surface area contributed by atoms with Gasteiger partial charge >= 0.3 is 0 Å². The van der Waals surface area contributed by atoms with Gasteiger partial charge in [-0.25, -0.2) is 13.1 Å². The lowest BCUT2D eigenvalue weighted by atomic mass is 10.1. The summed E-state index contributed by atoms with van der Waals surface area (Å²) in [6.07, 6.45) is 2.78. The summed E-state index contributed by atoms with van der Waals surface area (Å²) in [6.45, 7) is 7.86. The zero-order valence-corrected chi connectivity index (χ0v) is 18.1. The Morgan fingerprint density at radius 1 is 1.03 bits per heavy atom. The van der Waals surface area contributed by atoms with Crippen LogP contribution in [0.5, 0.6) is 0 Å². The molecule has 6 nitrogen and oxygen atoms in total. The van der Waals surface area contributed by atoms with Crippen LogP contribution in [0.1, 0.15) is 47.7 Å². The maximum absolute atomic E-state index is 12.9. The molecule has 1 fully saturated rings. The normalized spacial score (nSPS) is 14.2. The summed E-state index contributed by atoms with van der Waals surface area (Å²) in [4.78, 5) is 15.1. The van der Waals surface area contributed by atoms with Crippen molar-refractivity contribution >= 4 is 27.3 Å². The number of amides is 1. The zero-order valence-electron chi connectivity index (χ0n) is 17.3. The van der Waals surface area contributed by atoms with Crippen LogP contribution in [0.2, 0.25) is 0 Å². The summed E-state index contributed by atoms with van der Waals surface area (Å²) in [7, 11) is -3.70. The third-order valence-electron chi connectivity index (χ3n) is 4.98. The van der Waals surface area contributed by atoms with Crippen molar-refractivity contribution < 1.29 is 13.2 Å². The summed E-state index contributed by atoms with van der Waals surface area (Å²) < 4.78 is 28.5. The average molecular weight is 416 g/mol. The van der Waals surface area contributed by atoms with Gasteiger partial charge in [0.2, 0.25) is 10.0 Å². The van der Waals surface area contributed by atoms with E-state index in [4.69, 9.17) is 0 Å². The van der Waals surface area contributed by atoms with Crippen LogP contribution in [-0.4, -0.2) is 34.0 Å². The van der Waals surface area contributed by atoms with Gasteiger partial charge in [0, 0.05) is 30.9 Å². The molecule has 1 aliphatic heterocycles. The van der Waals surface area contributed by atoms with Gasteiger partial charge in [0.1, 0.15) is 4.90 Å². The number of nitrogens with one attached hydrogen (secondary N) is 2. The molecule has 29 heavy (non-hydrogen) atoms. The molecular weight excluding hydrogens is 386 g/mol. The van der Waals surface area contributed by atoms with E-state index in [2.05, 4.69) is 14.9 Å². The van der Waals surface area contributed by atoms with E-state index in [1.54, 1.807) is 12.1 Å². The molecule has 3 rings (SSSR count). The highest BCUT2D eigenvalue weighted by atomic mass is 32.2. The summed E-state index contributed by atoms with van der Waals surface area (Å²) in [5, 5.41) is 2.88. The maximum Gasteiger partial charge on any atom is 0.255 e. The summed E-state index contributed by atoms with van der Waals surface area (Å²) in [5.74, 6) is -0.324. The van der Waals surface area contributed by atoms with Crippen LogP contribution in [0.3, 0.4) is 0 Å². The minimum absolute atomic E-state index is 0.168. The number of nitrogens with zero attached hydrogens (tertiary/aromatic N) is 1. The molecule has 156 valence electrons. The molecule has 1 saturated heterocycles. The Balaban J connectivity index is 1.95. The SMILES string of the molecule is CCCNS(=O)(=O)c1cc(C(=O)Nc2cc(C)cc(C)c2)ccc1N1CCCC1. The van der Waals surface area contributed by atoms with Crippen LogP contribution in [0.15, 0.2) is 41.3 Å². The lowest BCUT2D eigenvalue weighted by molar-refractivity contribution is 0.102. The molecule has 0 spiro atoms. The lowest BCUT2D eigenvalue weighted by Gasteiger charge is -2.22. The number of hydrogen-bond acceptors (Lipinski definition) is 4. The molecule has 0 unspecified atom stereocenters. The number of hydrogen-bond donors (Lipinski definition) is 2. The first kappa shape index (κ1) is 21.3. The van der Waals surface area contributed by atoms with Crippen molar-refractivity contribution in [3.8, 4) is 0 Å². The molecule has 1 heterocycles. The first-order chi connectivity index (χ1) is 13.8. The van der Waals surface area contributed by atoms with Crippen molar-refractivity contribution in [2.45, 2.75) is 44.9 Å². The molecule has 0 radical (unpaired) electrons. The molecule has 0 bridgehead atoms. The van der Waals surface area contributed by atoms with Crippen LogP contribution >= 0.6 is 0 Å². The third kappa shape index (κ3) is 5.16. The van der Waals surface area contributed by atoms with Gasteiger partial charge < -0.3 is 10.2 Å². The van der Waals surface area contributed by atoms with Gasteiger partial charge in [0.05, 0.1) is 5.69 Å². The molecule has 2 aromatic rings. The highest BCUT2D eigenvalue weighted by Gasteiger charge is 2.25. The number of benzene rings is 2. The molecule has 0 aliphatic carbocycles. The molecule has 2 aromatic carbocycles. The quantitative estimate of drug-likeness (QED) is 0.720. The molecular formula is C22H29N3O3S. The number of rotatable bonds is 7. The minimum atomic E-state index is -3.70. The predicted octanol–water partition coefficient (Wildman–Crippen LogP) is 3.84. The Kier molecular flexibility index (Phi) is 6.59. The lowest BCUT2D eigenvalue weighted by Crippen LogP contribution is -2.28. The first-order valence-electron chi connectivity index (χ1n) is 10.1. The standard InChI is InChI=1S/C22H29N3O3S/c1-4-9-23-29(27,28)21-15-18(7-8-20(21)25-10-5-6-11-25)22(26)24-19-13-16(2)12-17(3)14-19/h7-8,12-15,23H,4-6,9-11H2,1-3H3,(H,24,26). The number of anilines is 2. The zero-order chi connectivity index (χ0) is 21.0. The molecule has 0 aromatic heterocycles. The third-order valence-corrected chi connectivity index (χ3v) is 6.47. The van der Waals surface area contributed by atoms with Crippen molar-refractivity contribution in [1.29, 1.82) is 0 Å². The molecule has 0 atom stereocenters. The molecule has 7 heteroatoms. The number of sulfonamides is 1. The van der Waals surface area contributed by atoms with E-state index in [9.17, 15) is 13.2 Å². The number of carbonyl (C=O) groups is 1. The molecule has 2 N–H and O–H groups in total. The van der Waals surface area contributed by atoms with Crippen molar-refractivity contribution in [2.75, 3.05) is 29.9 Å². The summed E-state index contributed by atoms with van der Waals surface area (Å²) in [5.41, 5.74) is 3.79. The highest BCUT2D eigenvalue weighted by molar-refractivity contribution is 7.89. The Bertz CT molecular complexity index is 976. The van der Waals surface area contributed by atoms with Crippen molar-refractivity contribution in [2.24, 2.45) is 0 Å². The maximum atomic E-state index is 12.9. The fraction of sp³-hybridized carbons (Fsp3) is 0.409. The smallest absolute Gasteiger partial charge is 0.255 e. The van der Waals surface area contributed by atoms with Crippen LogP contribution in [0.4, 0.5) is 11.4 Å². The van der Waals surface area contributed by atoms with E-state index in [0.717, 1.165) is 37.1 Å². The monoisotopic (exact) mass is 415 g/mol. The second-order valence-corrected chi connectivity index (χ2v) is 9.34. The topological polar surface area (TPSA) is 78.5 Å². The Morgan fingerprint density at radius 2 is 1.69 bits per heavy atom. The van der Waals surface area contributed by atoms with E-state index in [1.165, 1.54) is 6.07 Å². The average Bonchev–Trinajstić information content (AvgIpc) is 3.19. The summed E-state index contributed by atoms with van der Waals surface area (Å²) >= 11 is 0. The van der Waals surface area contributed by atoms with E-state index in [-0.39, 0.29) is 10.8 Å². The van der Waals surface area contributed by atoms with Crippen molar-refractivity contribution in [1.82, 2.24) is 4.72 Å². The second-order valence-electron chi connectivity index (χ2n) is 7.60. The fourth-order valence-corrected chi connectivity index (χ4v) is 5.04. The number of aryl methyl sites for hydroxylation is 2. The van der Waals surface area contributed by atoms with Crippen LogP contribution in [0, 0.1) is 13.8 Å². The van der Waals surface area contributed by atoms with E-state index >= 15 is 0 Å². The van der Waals surface area contributed by atoms with E-state index in [0.29, 0.717) is 29.9 Å². The van der Waals surface area contributed by atoms with Crippen LogP contribution in [0.25, 0.3) is 0 Å². The van der Waals surface area contributed by atoms with Gasteiger partial charge in [-0.1, -0.05) is 13.0 Å². The Labute approximate surface area is 173 Å². The van der Waals surface area contributed by atoms with E-state index in [1.807, 2.05) is 39.0 Å². The van der Waals surface area contributed by atoms with Gasteiger partial charge in [0.25, 0.3) is 5.91 Å². The Morgan fingerprint density at radius 3 is 2.31 bits per heavy atom.